The van der Waals surface area contributed by atoms with Crippen LogP contribution in [0.15, 0.2) is 36.0 Å². The third-order valence-corrected chi connectivity index (χ3v) is 1.57. The number of rotatable bonds is 6. The zero-order valence-electron chi connectivity index (χ0n) is 9.16. The molecule has 1 unspecified atom stereocenters. The molecule has 0 bridgehead atoms. The fourth-order valence-corrected chi connectivity index (χ4v) is 0.773. The predicted molar refractivity (Wildman–Crippen MR) is 59.1 cm³/mol. The molecule has 0 N–H and O–H groups in total. The molecule has 0 heterocycles. The van der Waals surface area contributed by atoms with Gasteiger partial charge in [0.15, 0.2) is 0 Å². The monoisotopic (exact) mass is 198 g/mol. The molecule has 0 aromatic heterocycles. The molecule has 0 amide bonds. The van der Waals surface area contributed by atoms with Crippen LogP contribution in [-0.4, -0.2) is 19.4 Å². The molecule has 0 aliphatic rings. The van der Waals surface area contributed by atoms with Gasteiger partial charge < -0.3 is 4.74 Å². The van der Waals surface area contributed by atoms with Crippen molar-refractivity contribution in [2.75, 3.05) is 13.3 Å². The maximum atomic E-state index is 11.6. The molecule has 1 atom stereocenters. The third-order valence-electron chi connectivity index (χ3n) is 1.57. The lowest BCUT2D eigenvalue weighted by Crippen LogP contribution is -2.04. The summed E-state index contributed by atoms with van der Waals surface area (Å²) in [6, 6.07) is 0. The molecule has 0 fully saturated rings. The van der Waals surface area contributed by atoms with Crippen molar-refractivity contribution in [3.63, 3.8) is 0 Å². The molecule has 0 rings (SSSR count). The second-order valence-electron chi connectivity index (χ2n) is 3.29. The van der Waals surface area contributed by atoms with E-state index in [1.54, 1.807) is 12.2 Å². The molecule has 80 valence electrons. The van der Waals surface area contributed by atoms with Crippen LogP contribution in [-0.2, 0) is 4.74 Å². The Hall–Kier alpha value is -0.890. The van der Waals surface area contributed by atoms with E-state index in [1.165, 1.54) is 11.6 Å². The summed E-state index contributed by atoms with van der Waals surface area (Å²) in [6.07, 6.45) is 8.93. The van der Waals surface area contributed by atoms with Gasteiger partial charge in [-0.15, -0.1) is 0 Å². The summed E-state index contributed by atoms with van der Waals surface area (Å²) in [5, 5.41) is 0. The molecular weight excluding hydrogens is 179 g/mol. The molecule has 14 heavy (non-hydrogen) atoms. The molecule has 1 nitrogen and oxygen atoms in total. The molecular formula is C12H19FO. The van der Waals surface area contributed by atoms with Crippen LogP contribution in [0.1, 0.15) is 20.8 Å². The predicted octanol–water partition coefficient (Wildman–Crippen LogP) is 3.44. The van der Waals surface area contributed by atoms with Crippen LogP contribution in [0.2, 0.25) is 0 Å². The minimum absolute atomic E-state index is 0.0647. The average Bonchev–Trinajstić information content (AvgIpc) is 2.12. The molecule has 0 saturated carbocycles. The Morgan fingerprint density at radius 3 is 2.64 bits per heavy atom. The Morgan fingerprint density at radius 1 is 1.36 bits per heavy atom. The number of hydrogen-bond donors (Lipinski definition) is 0. The third kappa shape index (κ3) is 9.20. The Balaban J connectivity index is 3.64. The van der Waals surface area contributed by atoms with E-state index in [2.05, 4.69) is 0 Å². The van der Waals surface area contributed by atoms with Gasteiger partial charge >= 0.3 is 0 Å². The van der Waals surface area contributed by atoms with Gasteiger partial charge in [-0.25, -0.2) is 4.39 Å². The SMILES string of the molecule is CC(C)=CCOC(C)/C=C\C=C/CF. The zero-order chi connectivity index (χ0) is 10.8. The number of alkyl halides is 1. The van der Waals surface area contributed by atoms with Gasteiger partial charge in [0.05, 0.1) is 12.7 Å². The van der Waals surface area contributed by atoms with Gasteiger partial charge in [0.2, 0.25) is 0 Å². The number of allylic oxidation sites excluding steroid dienone is 4. The minimum atomic E-state index is -0.419. The highest BCUT2D eigenvalue weighted by molar-refractivity contribution is 5.04. The molecule has 0 aliphatic carbocycles. The standard InChI is InChI=1S/C12H19FO/c1-11(2)8-10-14-12(3)7-5-4-6-9-13/h4-8,12H,9-10H2,1-3H3/b6-4-,7-5-. The van der Waals surface area contributed by atoms with Gasteiger partial charge in [-0.1, -0.05) is 36.0 Å². The van der Waals surface area contributed by atoms with E-state index >= 15 is 0 Å². The lowest BCUT2D eigenvalue weighted by Gasteiger charge is -2.05. The molecule has 0 aliphatic heterocycles. The van der Waals surface area contributed by atoms with Gasteiger partial charge in [-0.3, -0.25) is 0 Å². The first kappa shape index (κ1) is 13.1. The van der Waals surface area contributed by atoms with Crippen LogP contribution in [0, 0.1) is 0 Å². The van der Waals surface area contributed by atoms with Gasteiger partial charge in [0, 0.05) is 0 Å². The normalized spacial score (nSPS) is 13.7. The maximum absolute atomic E-state index is 11.6. The maximum Gasteiger partial charge on any atom is 0.108 e. The molecule has 0 spiro atoms. The minimum Gasteiger partial charge on any atom is -0.370 e. The first-order valence-corrected chi connectivity index (χ1v) is 4.81. The highest BCUT2D eigenvalue weighted by Gasteiger charge is 1.92. The zero-order valence-corrected chi connectivity index (χ0v) is 9.16. The second-order valence-corrected chi connectivity index (χ2v) is 3.29. The van der Waals surface area contributed by atoms with Crippen LogP contribution in [0.25, 0.3) is 0 Å². The van der Waals surface area contributed by atoms with E-state index < -0.39 is 6.67 Å². The smallest absolute Gasteiger partial charge is 0.108 e. The Labute approximate surface area is 86.0 Å². The molecule has 0 aromatic carbocycles. The van der Waals surface area contributed by atoms with E-state index in [9.17, 15) is 4.39 Å². The van der Waals surface area contributed by atoms with E-state index in [0.29, 0.717) is 6.61 Å². The summed E-state index contributed by atoms with van der Waals surface area (Å²) in [5.74, 6) is 0. The van der Waals surface area contributed by atoms with Crippen molar-refractivity contribution < 1.29 is 9.13 Å². The van der Waals surface area contributed by atoms with E-state index in [4.69, 9.17) is 4.74 Å². The fourth-order valence-electron chi connectivity index (χ4n) is 0.773. The number of hydrogen-bond acceptors (Lipinski definition) is 1. The van der Waals surface area contributed by atoms with Crippen molar-refractivity contribution in [1.29, 1.82) is 0 Å². The van der Waals surface area contributed by atoms with Crippen LogP contribution in [0.5, 0.6) is 0 Å². The highest BCUT2D eigenvalue weighted by Crippen LogP contribution is 1.96. The lowest BCUT2D eigenvalue weighted by molar-refractivity contribution is 0.122. The van der Waals surface area contributed by atoms with Crippen molar-refractivity contribution in [3.05, 3.63) is 36.0 Å². The molecule has 0 saturated heterocycles. The van der Waals surface area contributed by atoms with Crippen LogP contribution in [0.3, 0.4) is 0 Å². The quantitative estimate of drug-likeness (QED) is 0.469. The van der Waals surface area contributed by atoms with Gasteiger partial charge in [0.25, 0.3) is 0 Å². The van der Waals surface area contributed by atoms with Crippen LogP contribution < -0.4 is 0 Å². The first-order valence-electron chi connectivity index (χ1n) is 4.81. The van der Waals surface area contributed by atoms with Crippen molar-refractivity contribution in [2.45, 2.75) is 26.9 Å². The van der Waals surface area contributed by atoms with Crippen LogP contribution in [0.4, 0.5) is 4.39 Å². The highest BCUT2D eigenvalue weighted by atomic mass is 19.1. The van der Waals surface area contributed by atoms with E-state index in [-0.39, 0.29) is 6.10 Å². The average molecular weight is 198 g/mol. The summed E-state index contributed by atoms with van der Waals surface area (Å²) in [5.41, 5.74) is 1.25. The summed E-state index contributed by atoms with van der Waals surface area (Å²) < 4.78 is 17.1. The summed E-state index contributed by atoms with van der Waals surface area (Å²) in [7, 11) is 0. The lowest BCUT2D eigenvalue weighted by atomic mass is 10.3. The van der Waals surface area contributed by atoms with E-state index in [1.807, 2.05) is 32.9 Å². The summed E-state index contributed by atoms with van der Waals surface area (Å²) >= 11 is 0. The fraction of sp³-hybridized carbons (Fsp3) is 0.500. The Kier molecular flexibility index (Phi) is 8.14. The first-order chi connectivity index (χ1) is 6.66. The van der Waals surface area contributed by atoms with Crippen molar-refractivity contribution in [1.82, 2.24) is 0 Å². The molecule has 2 heteroatoms. The number of halogens is 1. The topological polar surface area (TPSA) is 9.23 Å². The van der Waals surface area contributed by atoms with Gasteiger partial charge in [0.1, 0.15) is 6.67 Å². The van der Waals surface area contributed by atoms with Crippen molar-refractivity contribution >= 4 is 0 Å². The largest absolute Gasteiger partial charge is 0.370 e. The second kappa shape index (κ2) is 8.70. The van der Waals surface area contributed by atoms with Crippen molar-refractivity contribution in [3.8, 4) is 0 Å². The van der Waals surface area contributed by atoms with Gasteiger partial charge in [-0.2, -0.15) is 0 Å². The van der Waals surface area contributed by atoms with Gasteiger partial charge in [-0.05, 0) is 20.8 Å². The Morgan fingerprint density at radius 2 is 2.07 bits per heavy atom. The van der Waals surface area contributed by atoms with E-state index in [0.717, 1.165) is 0 Å². The molecule has 0 radical (unpaired) electrons. The van der Waals surface area contributed by atoms with Crippen LogP contribution >= 0.6 is 0 Å². The molecule has 0 aromatic rings. The number of ether oxygens (including phenoxy) is 1. The Bertz CT molecular complexity index is 212. The summed E-state index contributed by atoms with van der Waals surface area (Å²) in [4.78, 5) is 0. The van der Waals surface area contributed by atoms with Crippen molar-refractivity contribution in [2.24, 2.45) is 0 Å². The summed E-state index contributed by atoms with van der Waals surface area (Å²) in [6.45, 7) is 6.23.